The zero-order chi connectivity index (χ0) is 11.3. The van der Waals surface area contributed by atoms with Gasteiger partial charge in [-0.05, 0) is 25.5 Å². The van der Waals surface area contributed by atoms with E-state index in [0.717, 1.165) is 25.1 Å². The highest BCUT2D eigenvalue weighted by Crippen LogP contribution is 2.19. The molecule has 0 aliphatic heterocycles. The van der Waals surface area contributed by atoms with Gasteiger partial charge in [-0.2, -0.15) is 0 Å². The van der Waals surface area contributed by atoms with Crippen molar-refractivity contribution in [2.24, 2.45) is 0 Å². The normalized spacial score (nSPS) is 13.1. The van der Waals surface area contributed by atoms with Crippen molar-refractivity contribution in [3.05, 3.63) is 23.5 Å². The van der Waals surface area contributed by atoms with Crippen LogP contribution in [0.2, 0.25) is 0 Å². The van der Waals surface area contributed by atoms with Crippen molar-refractivity contribution in [1.82, 2.24) is 4.57 Å². The van der Waals surface area contributed by atoms with Crippen molar-refractivity contribution in [1.29, 1.82) is 0 Å². The minimum atomic E-state index is 0.108. The lowest BCUT2D eigenvalue weighted by Gasteiger charge is -2.18. The Kier molecular flexibility index (Phi) is 4.85. The molecule has 0 bridgehead atoms. The summed E-state index contributed by atoms with van der Waals surface area (Å²) >= 11 is 0. The molecule has 0 radical (unpaired) electrons. The van der Waals surface area contributed by atoms with Gasteiger partial charge in [0.25, 0.3) is 0 Å². The second kappa shape index (κ2) is 5.93. The van der Waals surface area contributed by atoms with Gasteiger partial charge >= 0.3 is 0 Å². The molecule has 0 fully saturated rings. The summed E-state index contributed by atoms with van der Waals surface area (Å²) in [6.45, 7) is 5.17. The molecule has 1 rings (SSSR count). The first kappa shape index (κ1) is 12.3. The first-order valence-electron chi connectivity index (χ1n) is 5.53. The lowest BCUT2D eigenvalue weighted by atomic mass is 10.2. The monoisotopic (exact) mass is 211 g/mol. The summed E-state index contributed by atoms with van der Waals surface area (Å²) in [4.78, 5) is 0. The highest BCUT2D eigenvalue weighted by atomic mass is 16.5. The molecule has 0 saturated carbocycles. The van der Waals surface area contributed by atoms with Gasteiger partial charge in [-0.25, -0.2) is 0 Å². The van der Waals surface area contributed by atoms with Crippen LogP contribution in [0.4, 0.5) is 0 Å². The molecule has 0 spiro atoms. The van der Waals surface area contributed by atoms with E-state index in [9.17, 15) is 5.11 Å². The fourth-order valence-electron chi connectivity index (χ4n) is 1.83. The SMILES string of the molecule is CCC(C)n1c(CO)ccc1CCOC. The molecule has 1 aromatic rings. The molecule has 1 atom stereocenters. The Morgan fingerprint density at radius 3 is 2.60 bits per heavy atom. The predicted molar refractivity (Wildman–Crippen MR) is 60.9 cm³/mol. The van der Waals surface area contributed by atoms with Crippen LogP contribution in [0.5, 0.6) is 0 Å². The summed E-state index contributed by atoms with van der Waals surface area (Å²) in [5.74, 6) is 0. The van der Waals surface area contributed by atoms with Gasteiger partial charge in [0.15, 0.2) is 0 Å². The highest BCUT2D eigenvalue weighted by Gasteiger charge is 2.11. The summed E-state index contributed by atoms with van der Waals surface area (Å²) in [6.07, 6.45) is 1.97. The summed E-state index contributed by atoms with van der Waals surface area (Å²) in [5, 5.41) is 9.25. The molecule has 3 nitrogen and oxygen atoms in total. The van der Waals surface area contributed by atoms with Crippen molar-refractivity contribution in [2.75, 3.05) is 13.7 Å². The fourth-order valence-corrected chi connectivity index (χ4v) is 1.83. The van der Waals surface area contributed by atoms with Gasteiger partial charge in [-0.15, -0.1) is 0 Å². The van der Waals surface area contributed by atoms with Crippen LogP contribution in [-0.4, -0.2) is 23.4 Å². The summed E-state index contributed by atoms with van der Waals surface area (Å²) in [6, 6.07) is 4.52. The van der Waals surface area contributed by atoms with E-state index in [0.29, 0.717) is 6.04 Å². The van der Waals surface area contributed by atoms with Crippen LogP contribution in [-0.2, 0) is 17.8 Å². The molecule has 1 heterocycles. The molecule has 0 aromatic carbocycles. The molecule has 3 heteroatoms. The van der Waals surface area contributed by atoms with Gasteiger partial charge in [0.05, 0.1) is 13.2 Å². The van der Waals surface area contributed by atoms with Gasteiger partial charge in [-0.1, -0.05) is 6.92 Å². The number of aliphatic hydroxyl groups excluding tert-OH is 1. The first-order chi connectivity index (χ1) is 7.24. The van der Waals surface area contributed by atoms with Gasteiger partial charge in [0, 0.05) is 31.0 Å². The number of ether oxygens (including phenoxy) is 1. The zero-order valence-electron chi connectivity index (χ0n) is 9.86. The third-order valence-corrected chi connectivity index (χ3v) is 2.84. The molecule has 0 aliphatic rings. The average Bonchev–Trinajstić information content (AvgIpc) is 2.68. The van der Waals surface area contributed by atoms with Crippen LogP contribution < -0.4 is 0 Å². The van der Waals surface area contributed by atoms with E-state index < -0.39 is 0 Å². The van der Waals surface area contributed by atoms with Gasteiger partial charge < -0.3 is 14.4 Å². The number of rotatable bonds is 6. The van der Waals surface area contributed by atoms with Gasteiger partial charge in [0.2, 0.25) is 0 Å². The minimum Gasteiger partial charge on any atom is -0.390 e. The first-order valence-corrected chi connectivity index (χ1v) is 5.53. The molecular formula is C12H21NO2. The highest BCUT2D eigenvalue weighted by molar-refractivity contribution is 5.17. The van der Waals surface area contributed by atoms with Crippen LogP contribution in [0.15, 0.2) is 12.1 Å². The van der Waals surface area contributed by atoms with Crippen molar-refractivity contribution >= 4 is 0 Å². The van der Waals surface area contributed by atoms with Crippen molar-refractivity contribution in [3.63, 3.8) is 0 Å². The van der Waals surface area contributed by atoms with Crippen molar-refractivity contribution in [3.8, 4) is 0 Å². The maximum absolute atomic E-state index is 9.25. The molecule has 0 aliphatic carbocycles. The average molecular weight is 211 g/mol. The molecular weight excluding hydrogens is 190 g/mol. The number of aromatic nitrogens is 1. The number of hydrogen-bond donors (Lipinski definition) is 1. The van der Waals surface area contributed by atoms with Gasteiger partial charge in [0.1, 0.15) is 0 Å². The van der Waals surface area contributed by atoms with E-state index in [1.54, 1.807) is 7.11 Å². The minimum absolute atomic E-state index is 0.108. The zero-order valence-corrected chi connectivity index (χ0v) is 9.86. The van der Waals surface area contributed by atoms with E-state index in [1.807, 2.05) is 6.07 Å². The molecule has 0 amide bonds. The largest absolute Gasteiger partial charge is 0.390 e. The summed E-state index contributed by atoms with van der Waals surface area (Å²) in [5.41, 5.74) is 2.24. The molecule has 0 saturated heterocycles. The maximum atomic E-state index is 9.25. The van der Waals surface area contributed by atoms with Crippen LogP contribution in [0.25, 0.3) is 0 Å². The Bertz CT molecular complexity index is 294. The second-order valence-electron chi connectivity index (χ2n) is 3.84. The molecule has 1 unspecified atom stereocenters. The Hall–Kier alpha value is -0.800. The lowest BCUT2D eigenvalue weighted by Crippen LogP contribution is -2.12. The quantitative estimate of drug-likeness (QED) is 0.782. The molecule has 1 aromatic heterocycles. The Morgan fingerprint density at radius 2 is 2.07 bits per heavy atom. The van der Waals surface area contributed by atoms with Crippen LogP contribution >= 0.6 is 0 Å². The van der Waals surface area contributed by atoms with Crippen LogP contribution in [0, 0.1) is 0 Å². The van der Waals surface area contributed by atoms with E-state index in [4.69, 9.17) is 4.74 Å². The Balaban J connectivity index is 2.89. The molecule has 86 valence electrons. The maximum Gasteiger partial charge on any atom is 0.0833 e. The number of hydrogen-bond acceptors (Lipinski definition) is 2. The third-order valence-electron chi connectivity index (χ3n) is 2.84. The standard InChI is InChI=1S/C12H21NO2/c1-4-10(2)13-11(7-8-15-3)5-6-12(13)9-14/h5-6,10,14H,4,7-9H2,1-3H3. The third kappa shape index (κ3) is 2.83. The Morgan fingerprint density at radius 1 is 1.40 bits per heavy atom. The number of aliphatic hydroxyl groups is 1. The van der Waals surface area contributed by atoms with Crippen LogP contribution in [0.1, 0.15) is 37.7 Å². The Labute approximate surface area is 91.7 Å². The number of nitrogens with zero attached hydrogens (tertiary/aromatic N) is 1. The lowest BCUT2D eigenvalue weighted by molar-refractivity contribution is 0.199. The van der Waals surface area contributed by atoms with E-state index in [2.05, 4.69) is 24.5 Å². The summed E-state index contributed by atoms with van der Waals surface area (Å²) in [7, 11) is 1.71. The smallest absolute Gasteiger partial charge is 0.0833 e. The van der Waals surface area contributed by atoms with Crippen LogP contribution in [0.3, 0.4) is 0 Å². The topological polar surface area (TPSA) is 34.4 Å². The second-order valence-corrected chi connectivity index (χ2v) is 3.84. The molecule has 1 N–H and O–H groups in total. The van der Waals surface area contributed by atoms with Crippen molar-refractivity contribution < 1.29 is 9.84 Å². The number of methoxy groups -OCH3 is 1. The van der Waals surface area contributed by atoms with E-state index in [-0.39, 0.29) is 6.61 Å². The molecule has 15 heavy (non-hydrogen) atoms. The van der Waals surface area contributed by atoms with E-state index >= 15 is 0 Å². The van der Waals surface area contributed by atoms with Gasteiger partial charge in [-0.3, -0.25) is 0 Å². The van der Waals surface area contributed by atoms with E-state index in [1.165, 1.54) is 5.69 Å². The fraction of sp³-hybridized carbons (Fsp3) is 0.667. The van der Waals surface area contributed by atoms with Crippen molar-refractivity contribution in [2.45, 2.75) is 39.3 Å². The summed E-state index contributed by atoms with van der Waals surface area (Å²) < 4.78 is 7.30. The predicted octanol–water partition coefficient (Wildman–Crippen LogP) is 2.14.